The lowest BCUT2D eigenvalue weighted by Gasteiger charge is -2.13. The van der Waals surface area contributed by atoms with Crippen LogP contribution in [0.25, 0.3) is 0 Å². The first-order chi connectivity index (χ1) is 10.1. The van der Waals surface area contributed by atoms with Gasteiger partial charge in [0, 0.05) is 31.3 Å². The molecule has 0 bridgehead atoms. The SMILES string of the molecule is CN=C(NCc1cc(F)ccc1Br)NCc1ccnn1C. The molecular formula is C14H17BrFN5. The Morgan fingerprint density at radius 3 is 2.76 bits per heavy atom. The number of nitrogens with one attached hydrogen (secondary N) is 2. The predicted molar refractivity (Wildman–Crippen MR) is 84.3 cm³/mol. The van der Waals surface area contributed by atoms with Crippen molar-refractivity contribution in [3.8, 4) is 0 Å². The maximum atomic E-state index is 13.2. The Kier molecular flexibility index (Phi) is 5.32. The van der Waals surface area contributed by atoms with Crippen molar-refractivity contribution in [3.05, 3.63) is 52.0 Å². The van der Waals surface area contributed by atoms with Crippen molar-refractivity contribution in [2.24, 2.45) is 12.0 Å². The topological polar surface area (TPSA) is 54.2 Å². The van der Waals surface area contributed by atoms with Crippen molar-refractivity contribution in [1.82, 2.24) is 20.4 Å². The number of hydrogen-bond donors (Lipinski definition) is 2. The van der Waals surface area contributed by atoms with Crippen LogP contribution >= 0.6 is 15.9 Å². The molecule has 2 rings (SSSR count). The second-order valence-electron chi connectivity index (χ2n) is 4.46. The molecule has 0 atom stereocenters. The normalized spacial score (nSPS) is 11.5. The van der Waals surface area contributed by atoms with Crippen LogP contribution in [0.3, 0.4) is 0 Å². The number of nitrogens with zero attached hydrogens (tertiary/aromatic N) is 3. The summed E-state index contributed by atoms with van der Waals surface area (Å²) in [7, 11) is 3.58. The Labute approximate surface area is 131 Å². The zero-order valence-corrected chi connectivity index (χ0v) is 13.5. The van der Waals surface area contributed by atoms with Crippen molar-refractivity contribution < 1.29 is 4.39 Å². The predicted octanol–water partition coefficient (Wildman–Crippen LogP) is 2.19. The molecule has 2 N–H and O–H groups in total. The minimum atomic E-state index is -0.257. The molecule has 5 nitrogen and oxygen atoms in total. The number of aromatic nitrogens is 2. The van der Waals surface area contributed by atoms with E-state index in [1.807, 2.05) is 13.1 Å². The Bertz CT molecular complexity index is 638. The molecule has 21 heavy (non-hydrogen) atoms. The van der Waals surface area contributed by atoms with E-state index in [-0.39, 0.29) is 5.82 Å². The molecule has 0 amide bonds. The first-order valence-electron chi connectivity index (χ1n) is 6.45. The summed E-state index contributed by atoms with van der Waals surface area (Å²) in [5, 5.41) is 10.4. The number of rotatable bonds is 4. The first-order valence-corrected chi connectivity index (χ1v) is 7.25. The molecule has 0 aliphatic heterocycles. The van der Waals surface area contributed by atoms with Crippen LogP contribution in [0.1, 0.15) is 11.3 Å². The molecule has 0 saturated heterocycles. The van der Waals surface area contributed by atoms with Gasteiger partial charge >= 0.3 is 0 Å². The van der Waals surface area contributed by atoms with Gasteiger partial charge in [-0.2, -0.15) is 5.10 Å². The van der Waals surface area contributed by atoms with Gasteiger partial charge in [0.1, 0.15) is 5.82 Å². The molecule has 112 valence electrons. The third kappa shape index (κ3) is 4.29. The van der Waals surface area contributed by atoms with E-state index >= 15 is 0 Å². The van der Waals surface area contributed by atoms with Gasteiger partial charge in [0.25, 0.3) is 0 Å². The van der Waals surface area contributed by atoms with Crippen molar-refractivity contribution in [2.75, 3.05) is 7.05 Å². The van der Waals surface area contributed by atoms with E-state index in [9.17, 15) is 4.39 Å². The molecule has 1 aromatic carbocycles. The van der Waals surface area contributed by atoms with Crippen molar-refractivity contribution in [1.29, 1.82) is 0 Å². The zero-order chi connectivity index (χ0) is 15.2. The molecule has 0 fully saturated rings. The van der Waals surface area contributed by atoms with Crippen molar-refractivity contribution in [3.63, 3.8) is 0 Å². The summed E-state index contributed by atoms with van der Waals surface area (Å²) >= 11 is 3.40. The zero-order valence-electron chi connectivity index (χ0n) is 11.9. The molecule has 0 radical (unpaired) electrons. The van der Waals surface area contributed by atoms with Crippen LogP contribution in [0.15, 0.2) is 39.9 Å². The maximum absolute atomic E-state index is 13.2. The maximum Gasteiger partial charge on any atom is 0.191 e. The van der Waals surface area contributed by atoms with Crippen molar-refractivity contribution in [2.45, 2.75) is 13.1 Å². The lowest BCUT2D eigenvalue weighted by molar-refractivity contribution is 0.623. The van der Waals surface area contributed by atoms with Gasteiger partial charge in [-0.15, -0.1) is 0 Å². The third-order valence-electron chi connectivity index (χ3n) is 3.04. The molecule has 0 saturated carbocycles. The minimum Gasteiger partial charge on any atom is -0.352 e. The van der Waals surface area contributed by atoms with E-state index in [0.717, 1.165) is 15.7 Å². The van der Waals surface area contributed by atoms with E-state index in [4.69, 9.17) is 0 Å². The van der Waals surface area contributed by atoms with E-state index in [0.29, 0.717) is 19.0 Å². The molecule has 7 heteroatoms. The summed E-state index contributed by atoms with van der Waals surface area (Å²) in [6.45, 7) is 1.09. The summed E-state index contributed by atoms with van der Waals surface area (Å²) in [5.74, 6) is 0.389. The lowest BCUT2D eigenvalue weighted by Crippen LogP contribution is -2.36. The van der Waals surface area contributed by atoms with Crippen LogP contribution in [0, 0.1) is 5.82 Å². The number of guanidine groups is 1. The van der Waals surface area contributed by atoms with Gasteiger partial charge in [-0.1, -0.05) is 15.9 Å². The average molecular weight is 354 g/mol. The molecule has 1 aromatic heterocycles. The van der Waals surface area contributed by atoms with Crippen LogP contribution in [0.5, 0.6) is 0 Å². The second kappa shape index (κ2) is 7.21. The van der Waals surface area contributed by atoms with E-state index in [1.54, 1.807) is 24.0 Å². The summed E-state index contributed by atoms with van der Waals surface area (Å²) in [4.78, 5) is 4.14. The minimum absolute atomic E-state index is 0.257. The summed E-state index contributed by atoms with van der Waals surface area (Å²) in [6, 6.07) is 6.54. The number of hydrogen-bond acceptors (Lipinski definition) is 2. The highest BCUT2D eigenvalue weighted by atomic mass is 79.9. The smallest absolute Gasteiger partial charge is 0.191 e. The Hall–Kier alpha value is -1.89. The largest absolute Gasteiger partial charge is 0.352 e. The van der Waals surface area contributed by atoms with Crippen LogP contribution < -0.4 is 10.6 Å². The summed E-state index contributed by atoms with van der Waals surface area (Å²) < 4.78 is 15.9. The van der Waals surface area contributed by atoms with Gasteiger partial charge in [0.2, 0.25) is 0 Å². The van der Waals surface area contributed by atoms with Crippen LogP contribution in [0.2, 0.25) is 0 Å². The van der Waals surface area contributed by atoms with Gasteiger partial charge < -0.3 is 10.6 Å². The first kappa shape index (κ1) is 15.5. The highest BCUT2D eigenvalue weighted by Crippen LogP contribution is 2.17. The van der Waals surface area contributed by atoms with Crippen LogP contribution in [0.4, 0.5) is 4.39 Å². The van der Waals surface area contributed by atoms with Gasteiger partial charge in [-0.05, 0) is 29.8 Å². The standard InChI is InChI=1S/C14H17BrFN5/c1-17-14(19-9-12-5-6-20-21(12)2)18-8-10-7-11(16)3-4-13(10)15/h3-7H,8-9H2,1-2H3,(H2,17,18,19). The monoisotopic (exact) mass is 353 g/mol. The number of halogens is 2. The quantitative estimate of drug-likeness (QED) is 0.654. The number of aliphatic imine (C=N–C) groups is 1. The van der Waals surface area contributed by atoms with Gasteiger partial charge in [0.15, 0.2) is 5.96 Å². The van der Waals surface area contributed by atoms with Gasteiger partial charge in [-0.25, -0.2) is 4.39 Å². The Morgan fingerprint density at radius 1 is 1.33 bits per heavy atom. The van der Waals surface area contributed by atoms with E-state index < -0.39 is 0 Å². The van der Waals surface area contributed by atoms with E-state index in [2.05, 4.69) is 36.7 Å². The molecule has 0 aliphatic carbocycles. The highest BCUT2D eigenvalue weighted by molar-refractivity contribution is 9.10. The van der Waals surface area contributed by atoms with Crippen LogP contribution in [-0.4, -0.2) is 22.8 Å². The average Bonchev–Trinajstić information content (AvgIpc) is 2.88. The molecule has 1 heterocycles. The molecule has 0 spiro atoms. The molecule has 0 aliphatic rings. The fourth-order valence-electron chi connectivity index (χ4n) is 1.83. The summed E-state index contributed by atoms with van der Waals surface area (Å²) in [5.41, 5.74) is 1.88. The Morgan fingerprint density at radius 2 is 2.10 bits per heavy atom. The second-order valence-corrected chi connectivity index (χ2v) is 5.32. The highest BCUT2D eigenvalue weighted by Gasteiger charge is 2.04. The molecular weight excluding hydrogens is 337 g/mol. The fraction of sp³-hybridized carbons (Fsp3) is 0.286. The third-order valence-corrected chi connectivity index (χ3v) is 3.81. The van der Waals surface area contributed by atoms with Crippen molar-refractivity contribution >= 4 is 21.9 Å². The van der Waals surface area contributed by atoms with Crippen LogP contribution in [-0.2, 0) is 20.1 Å². The molecule has 2 aromatic rings. The lowest BCUT2D eigenvalue weighted by atomic mass is 10.2. The van der Waals surface area contributed by atoms with Gasteiger partial charge in [0.05, 0.1) is 12.2 Å². The van der Waals surface area contributed by atoms with E-state index in [1.165, 1.54) is 12.1 Å². The number of benzene rings is 1. The Balaban J connectivity index is 1.91. The van der Waals surface area contributed by atoms with Gasteiger partial charge in [-0.3, -0.25) is 9.67 Å². The fourth-order valence-corrected chi connectivity index (χ4v) is 2.21. The summed E-state index contributed by atoms with van der Waals surface area (Å²) in [6.07, 6.45) is 1.75. The molecule has 0 unspecified atom stereocenters. The number of aryl methyl sites for hydroxylation is 1.